The first kappa shape index (κ1) is 16.7. The first-order valence-corrected chi connectivity index (χ1v) is 9.15. The van der Waals surface area contributed by atoms with Gasteiger partial charge in [0.25, 0.3) is 0 Å². The monoisotopic (exact) mass is 343 g/mol. The smallest absolute Gasteiger partial charge is 0.224 e. The zero-order chi connectivity index (χ0) is 16.8. The first-order chi connectivity index (χ1) is 11.8. The summed E-state index contributed by atoms with van der Waals surface area (Å²) in [7, 11) is 0. The van der Waals surface area contributed by atoms with Crippen LogP contribution in [0.1, 0.15) is 18.9 Å². The van der Waals surface area contributed by atoms with Crippen LogP contribution in [0.2, 0.25) is 0 Å². The summed E-state index contributed by atoms with van der Waals surface area (Å²) < 4.78 is 11.1. The van der Waals surface area contributed by atoms with Crippen LogP contribution >= 0.6 is 11.8 Å². The van der Waals surface area contributed by atoms with E-state index >= 15 is 0 Å². The van der Waals surface area contributed by atoms with Gasteiger partial charge < -0.3 is 14.8 Å². The van der Waals surface area contributed by atoms with Crippen molar-refractivity contribution in [3.8, 4) is 11.5 Å². The van der Waals surface area contributed by atoms with Crippen molar-refractivity contribution in [3.05, 3.63) is 48.0 Å². The fourth-order valence-electron chi connectivity index (χ4n) is 2.57. The molecule has 1 amide bonds. The highest BCUT2D eigenvalue weighted by Crippen LogP contribution is 2.31. The van der Waals surface area contributed by atoms with Crippen molar-refractivity contribution in [2.75, 3.05) is 24.3 Å². The number of carbonyl (C=O) groups is 1. The second-order valence-corrected chi connectivity index (χ2v) is 6.76. The first-order valence-electron chi connectivity index (χ1n) is 8.16. The summed E-state index contributed by atoms with van der Waals surface area (Å²) >= 11 is 1.73. The average molecular weight is 343 g/mol. The molecule has 0 atom stereocenters. The predicted molar refractivity (Wildman–Crippen MR) is 97.2 cm³/mol. The number of aryl methyl sites for hydroxylation is 1. The van der Waals surface area contributed by atoms with Gasteiger partial charge in [0.2, 0.25) is 5.91 Å². The molecule has 126 valence electrons. The lowest BCUT2D eigenvalue weighted by Gasteiger charge is -2.18. The summed E-state index contributed by atoms with van der Waals surface area (Å²) in [4.78, 5) is 13.4. The van der Waals surface area contributed by atoms with Crippen molar-refractivity contribution in [3.63, 3.8) is 0 Å². The molecule has 0 saturated heterocycles. The summed E-state index contributed by atoms with van der Waals surface area (Å²) in [5, 5.41) is 3.01. The second-order valence-electron chi connectivity index (χ2n) is 5.46. The highest BCUT2D eigenvalue weighted by molar-refractivity contribution is 7.99. The molecular formula is C19H21NO3S. The Labute approximate surface area is 146 Å². The van der Waals surface area contributed by atoms with E-state index < -0.39 is 0 Å². The van der Waals surface area contributed by atoms with Crippen molar-refractivity contribution in [1.82, 2.24) is 0 Å². The minimum absolute atomic E-state index is 0.0223. The van der Waals surface area contributed by atoms with Crippen molar-refractivity contribution in [1.29, 1.82) is 0 Å². The molecule has 1 heterocycles. The third-order valence-electron chi connectivity index (χ3n) is 3.71. The molecule has 1 aliphatic rings. The topological polar surface area (TPSA) is 47.6 Å². The van der Waals surface area contributed by atoms with E-state index in [1.54, 1.807) is 11.8 Å². The molecule has 0 aliphatic carbocycles. The number of nitrogens with one attached hydrogen (secondary N) is 1. The van der Waals surface area contributed by atoms with Gasteiger partial charge in [-0.3, -0.25) is 4.79 Å². The maximum atomic E-state index is 12.3. The lowest BCUT2D eigenvalue weighted by atomic mass is 10.1. The average Bonchev–Trinajstić information content (AvgIpc) is 2.62. The van der Waals surface area contributed by atoms with Gasteiger partial charge in [-0.1, -0.05) is 25.1 Å². The maximum absolute atomic E-state index is 12.3. The number of amides is 1. The van der Waals surface area contributed by atoms with Crippen molar-refractivity contribution >= 4 is 23.4 Å². The molecule has 1 aliphatic heterocycles. The molecule has 2 aromatic carbocycles. The van der Waals surface area contributed by atoms with Crippen LogP contribution in [0.15, 0.2) is 47.4 Å². The fraction of sp³-hybridized carbons (Fsp3) is 0.316. The van der Waals surface area contributed by atoms with E-state index in [0.29, 0.717) is 26.1 Å². The van der Waals surface area contributed by atoms with Gasteiger partial charge in [-0.2, -0.15) is 0 Å². The molecule has 1 N–H and O–H groups in total. The van der Waals surface area contributed by atoms with Crippen LogP contribution in [-0.2, 0) is 11.2 Å². The molecule has 2 aromatic rings. The summed E-state index contributed by atoms with van der Waals surface area (Å²) in [6.45, 7) is 3.26. The summed E-state index contributed by atoms with van der Waals surface area (Å²) in [6.07, 6.45) is 1.11. The molecule has 0 fully saturated rings. The highest BCUT2D eigenvalue weighted by atomic mass is 32.2. The third kappa shape index (κ3) is 4.23. The molecule has 0 aromatic heterocycles. The molecule has 0 spiro atoms. The zero-order valence-electron chi connectivity index (χ0n) is 13.7. The van der Waals surface area contributed by atoms with Gasteiger partial charge in [-0.15, -0.1) is 11.8 Å². The number of anilines is 1. The number of thioether (sulfide) groups is 1. The number of fused-ring (bicyclic) bond motifs is 1. The quantitative estimate of drug-likeness (QED) is 0.801. The number of para-hydroxylation sites is 1. The molecule has 0 radical (unpaired) electrons. The minimum atomic E-state index is 0.0223. The Morgan fingerprint density at radius 1 is 1.12 bits per heavy atom. The standard InChI is InChI=1S/C19H21NO3S/c1-2-24-18-6-4-3-5-15(18)20-19(21)10-8-14-7-9-16-17(13-14)23-12-11-22-16/h3-7,9,13H,2,8,10-12H2,1H3,(H,20,21). The van der Waals surface area contributed by atoms with Gasteiger partial charge in [0.1, 0.15) is 13.2 Å². The number of benzene rings is 2. The Morgan fingerprint density at radius 3 is 2.75 bits per heavy atom. The molecule has 5 heteroatoms. The zero-order valence-corrected chi connectivity index (χ0v) is 14.5. The Morgan fingerprint density at radius 2 is 1.92 bits per heavy atom. The van der Waals surface area contributed by atoms with Crippen LogP contribution in [0.4, 0.5) is 5.69 Å². The Kier molecular flexibility index (Phi) is 5.64. The second kappa shape index (κ2) is 8.11. The normalized spacial score (nSPS) is 12.7. The number of carbonyl (C=O) groups excluding carboxylic acids is 1. The number of rotatable bonds is 6. The lowest BCUT2D eigenvalue weighted by molar-refractivity contribution is -0.116. The van der Waals surface area contributed by atoms with Crippen molar-refractivity contribution < 1.29 is 14.3 Å². The van der Waals surface area contributed by atoms with Gasteiger partial charge >= 0.3 is 0 Å². The molecule has 3 rings (SSSR count). The molecular weight excluding hydrogens is 322 g/mol. The number of hydrogen-bond acceptors (Lipinski definition) is 4. The Balaban J connectivity index is 1.58. The fourth-order valence-corrected chi connectivity index (χ4v) is 3.33. The van der Waals surface area contributed by atoms with E-state index in [1.807, 2.05) is 42.5 Å². The van der Waals surface area contributed by atoms with Crippen LogP contribution in [0.25, 0.3) is 0 Å². The van der Waals surface area contributed by atoms with Gasteiger partial charge in [0, 0.05) is 11.3 Å². The third-order valence-corrected chi connectivity index (χ3v) is 4.66. The van der Waals surface area contributed by atoms with E-state index in [9.17, 15) is 4.79 Å². The SMILES string of the molecule is CCSc1ccccc1NC(=O)CCc1ccc2c(c1)OCCO2. The van der Waals surface area contributed by atoms with Gasteiger partial charge in [-0.25, -0.2) is 0 Å². The Bertz CT molecular complexity index is 718. The summed E-state index contributed by atoms with van der Waals surface area (Å²) in [6, 6.07) is 13.8. The number of hydrogen-bond donors (Lipinski definition) is 1. The largest absolute Gasteiger partial charge is 0.486 e. The van der Waals surface area contributed by atoms with Crippen LogP contribution < -0.4 is 14.8 Å². The van der Waals surface area contributed by atoms with Crippen LogP contribution in [0, 0.1) is 0 Å². The number of ether oxygens (including phenoxy) is 2. The van der Waals surface area contributed by atoms with Crippen LogP contribution in [0.3, 0.4) is 0 Å². The van der Waals surface area contributed by atoms with Crippen LogP contribution in [0.5, 0.6) is 11.5 Å². The van der Waals surface area contributed by atoms with E-state index in [4.69, 9.17) is 9.47 Å². The molecule has 24 heavy (non-hydrogen) atoms. The Hall–Kier alpha value is -2.14. The highest BCUT2D eigenvalue weighted by Gasteiger charge is 2.12. The maximum Gasteiger partial charge on any atom is 0.224 e. The van der Waals surface area contributed by atoms with Gasteiger partial charge in [-0.05, 0) is 42.0 Å². The molecule has 0 unspecified atom stereocenters. The van der Waals surface area contributed by atoms with Gasteiger partial charge in [0.05, 0.1) is 5.69 Å². The molecule has 4 nitrogen and oxygen atoms in total. The summed E-state index contributed by atoms with van der Waals surface area (Å²) in [5.74, 6) is 2.54. The minimum Gasteiger partial charge on any atom is -0.486 e. The summed E-state index contributed by atoms with van der Waals surface area (Å²) in [5.41, 5.74) is 1.96. The van der Waals surface area contributed by atoms with E-state index in [1.165, 1.54) is 0 Å². The van der Waals surface area contributed by atoms with E-state index in [2.05, 4.69) is 12.2 Å². The van der Waals surface area contributed by atoms with Crippen LogP contribution in [-0.4, -0.2) is 24.9 Å². The van der Waals surface area contributed by atoms with Crippen molar-refractivity contribution in [2.45, 2.75) is 24.7 Å². The molecule has 0 bridgehead atoms. The van der Waals surface area contributed by atoms with Gasteiger partial charge in [0.15, 0.2) is 11.5 Å². The van der Waals surface area contributed by atoms with E-state index in [-0.39, 0.29) is 5.91 Å². The van der Waals surface area contributed by atoms with Crippen molar-refractivity contribution in [2.24, 2.45) is 0 Å². The lowest BCUT2D eigenvalue weighted by Crippen LogP contribution is -2.16. The predicted octanol–water partition coefficient (Wildman–Crippen LogP) is 4.14. The van der Waals surface area contributed by atoms with E-state index in [0.717, 1.165) is 33.4 Å². The molecule has 0 saturated carbocycles.